The first-order valence-electron chi connectivity index (χ1n) is 9.10. The van der Waals surface area contributed by atoms with Crippen LogP contribution in [0.15, 0.2) is 42.5 Å². The van der Waals surface area contributed by atoms with Crippen LogP contribution >= 0.6 is 0 Å². The molecule has 2 atom stereocenters. The fourth-order valence-corrected chi connectivity index (χ4v) is 4.21. The lowest BCUT2D eigenvalue weighted by molar-refractivity contribution is 0.0677. The van der Waals surface area contributed by atoms with Gasteiger partial charge in [0.05, 0.1) is 5.56 Å². The molecule has 2 heterocycles. The Morgan fingerprint density at radius 2 is 1.62 bits per heavy atom. The summed E-state index contributed by atoms with van der Waals surface area (Å²) in [5.74, 6) is -1.15. The van der Waals surface area contributed by atoms with Crippen molar-refractivity contribution in [2.24, 2.45) is 0 Å². The van der Waals surface area contributed by atoms with Crippen LogP contribution in [0, 0.1) is 11.6 Å². The second-order valence-electron chi connectivity index (χ2n) is 7.38. The van der Waals surface area contributed by atoms with Gasteiger partial charge in [-0.3, -0.25) is 4.79 Å². The highest BCUT2D eigenvalue weighted by Gasteiger charge is 2.36. The lowest BCUT2D eigenvalue weighted by Gasteiger charge is -2.35. The molecule has 136 valence electrons. The number of hydrogen-bond donors (Lipinski definition) is 1. The quantitative estimate of drug-likeness (QED) is 0.902. The number of carbonyl (C=O) groups excluding carboxylic acids is 1. The molecule has 2 aromatic rings. The highest BCUT2D eigenvalue weighted by atomic mass is 19.1. The highest BCUT2D eigenvalue weighted by molar-refractivity contribution is 5.95. The molecule has 0 aliphatic carbocycles. The molecule has 4 rings (SSSR count). The predicted octanol–water partition coefficient (Wildman–Crippen LogP) is 3.99. The number of carbonyl (C=O) groups is 1. The molecular weight excluding hydrogens is 334 g/mol. The topological polar surface area (TPSA) is 32.3 Å². The Balaban J connectivity index is 1.53. The van der Waals surface area contributed by atoms with Crippen molar-refractivity contribution < 1.29 is 13.6 Å². The van der Waals surface area contributed by atoms with E-state index in [1.807, 2.05) is 0 Å². The normalized spacial score (nSPS) is 24.5. The van der Waals surface area contributed by atoms with Crippen molar-refractivity contribution >= 4 is 5.91 Å². The fourth-order valence-electron chi connectivity index (χ4n) is 4.21. The maximum Gasteiger partial charge on any atom is 0.256 e. The summed E-state index contributed by atoms with van der Waals surface area (Å²) in [5.41, 5.74) is 1.43. The molecular formula is C21H22F2N2O. The largest absolute Gasteiger partial charge is 0.339 e. The number of hydrogen-bond acceptors (Lipinski definition) is 2. The van der Waals surface area contributed by atoms with E-state index in [0.29, 0.717) is 23.2 Å². The Bertz CT molecular complexity index is 809. The first-order chi connectivity index (χ1) is 12.5. The molecule has 5 heteroatoms. The van der Waals surface area contributed by atoms with Crippen molar-refractivity contribution in [3.63, 3.8) is 0 Å². The summed E-state index contributed by atoms with van der Waals surface area (Å²) in [7, 11) is 1.77. The molecule has 26 heavy (non-hydrogen) atoms. The van der Waals surface area contributed by atoms with E-state index in [4.69, 9.17) is 0 Å². The van der Waals surface area contributed by atoms with Crippen molar-refractivity contribution in [2.75, 3.05) is 7.05 Å². The van der Waals surface area contributed by atoms with Crippen LogP contribution in [0.3, 0.4) is 0 Å². The summed E-state index contributed by atoms with van der Waals surface area (Å²) in [6.07, 6.45) is 4.16. The zero-order valence-corrected chi connectivity index (χ0v) is 14.7. The van der Waals surface area contributed by atoms with Crippen LogP contribution in [0.5, 0.6) is 0 Å². The van der Waals surface area contributed by atoms with Gasteiger partial charge in [0.1, 0.15) is 11.6 Å². The van der Waals surface area contributed by atoms with Gasteiger partial charge in [0, 0.05) is 25.2 Å². The minimum absolute atomic E-state index is 0.0873. The molecule has 0 aromatic heterocycles. The van der Waals surface area contributed by atoms with Crippen LogP contribution < -0.4 is 5.32 Å². The zero-order chi connectivity index (χ0) is 18.3. The number of amides is 1. The maximum atomic E-state index is 14.6. The standard InChI is InChI=1S/C21H22F2N2O/c1-25(18-11-16-7-8-17(12-18)24-16)21(26)19-9-4-14(10-20(19)23)13-2-5-15(22)6-3-13/h2-6,9-10,16-18,24H,7-8,11-12H2,1H3. The van der Waals surface area contributed by atoms with E-state index in [2.05, 4.69) is 5.32 Å². The first kappa shape index (κ1) is 17.2. The Kier molecular flexibility index (Phi) is 4.49. The lowest BCUT2D eigenvalue weighted by Crippen LogP contribution is -2.48. The van der Waals surface area contributed by atoms with Crippen LogP contribution in [0.1, 0.15) is 36.0 Å². The van der Waals surface area contributed by atoms with Crippen molar-refractivity contribution in [3.05, 3.63) is 59.7 Å². The minimum atomic E-state index is -0.541. The van der Waals surface area contributed by atoms with Crippen LogP contribution in [0.25, 0.3) is 11.1 Å². The first-order valence-corrected chi connectivity index (χ1v) is 9.10. The van der Waals surface area contributed by atoms with Gasteiger partial charge in [0.25, 0.3) is 5.91 Å². The Labute approximate surface area is 152 Å². The van der Waals surface area contributed by atoms with Gasteiger partial charge in [-0.25, -0.2) is 8.78 Å². The minimum Gasteiger partial charge on any atom is -0.339 e. The van der Waals surface area contributed by atoms with Crippen molar-refractivity contribution in [2.45, 2.75) is 43.8 Å². The Hall–Kier alpha value is -2.27. The number of fused-ring (bicyclic) bond motifs is 2. The molecule has 0 spiro atoms. The van der Waals surface area contributed by atoms with E-state index in [1.165, 1.54) is 24.3 Å². The summed E-state index contributed by atoms with van der Waals surface area (Å²) in [6, 6.07) is 11.6. The van der Waals surface area contributed by atoms with Gasteiger partial charge in [-0.1, -0.05) is 18.2 Å². The number of piperidine rings is 1. The smallest absolute Gasteiger partial charge is 0.256 e. The van der Waals surface area contributed by atoms with E-state index in [0.717, 1.165) is 25.7 Å². The van der Waals surface area contributed by atoms with Gasteiger partial charge in [-0.15, -0.1) is 0 Å². The van der Waals surface area contributed by atoms with Gasteiger partial charge in [-0.05, 0) is 61.1 Å². The molecule has 2 aromatic carbocycles. The summed E-state index contributed by atoms with van der Waals surface area (Å²) < 4.78 is 27.7. The second-order valence-corrected chi connectivity index (χ2v) is 7.38. The monoisotopic (exact) mass is 356 g/mol. The van der Waals surface area contributed by atoms with Crippen LogP contribution in [-0.4, -0.2) is 36.0 Å². The van der Waals surface area contributed by atoms with E-state index < -0.39 is 5.82 Å². The molecule has 2 aliphatic heterocycles. The molecule has 1 N–H and O–H groups in total. The summed E-state index contributed by atoms with van der Waals surface area (Å²) >= 11 is 0. The number of nitrogens with one attached hydrogen (secondary N) is 1. The molecule has 0 saturated carbocycles. The molecule has 2 fully saturated rings. The molecule has 1 amide bonds. The van der Waals surface area contributed by atoms with Crippen molar-refractivity contribution in [3.8, 4) is 11.1 Å². The van der Waals surface area contributed by atoms with Crippen molar-refractivity contribution in [1.82, 2.24) is 10.2 Å². The van der Waals surface area contributed by atoms with Gasteiger partial charge >= 0.3 is 0 Å². The average molecular weight is 356 g/mol. The van der Waals surface area contributed by atoms with E-state index in [-0.39, 0.29) is 23.3 Å². The van der Waals surface area contributed by atoms with E-state index in [1.54, 1.807) is 30.1 Å². The predicted molar refractivity (Wildman–Crippen MR) is 96.9 cm³/mol. The number of rotatable bonds is 3. The molecule has 2 saturated heterocycles. The summed E-state index contributed by atoms with van der Waals surface area (Å²) in [4.78, 5) is 14.5. The second kappa shape index (κ2) is 6.80. The van der Waals surface area contributed by atoms with E-state index in [9.17, 15) is 13.6 Å². The van der Waals surface area contributed by atoms with Crippen LogP contribution in [0.2, 0.25) is 0 Å². The molecule has 3 nitrogen and oxygen atoms in total. The SMILES string of the molecule is CN(C(=O)c1ccc(-c2ccc(F)cc2)cc1F)C1CC2CCC(C1)N2. The summed E-state index contributed by atoms with van der Waals surface area (Å²) in [6.45, 7) is 0. The van der Waals surface area contributed by atoms with E-state index >= 15 is 0 Å². The Morgan fingerprint density at radius 1 is 1.00 bits per heavy atom. The fraction of sp³-hybridized carbons (Fsp3) is 0.381. The van der Waals surface area contributed by atoms with Crippen molar-refractivity contribution in [1.29, 1.82) is 0 Å². The third-order valence-corrected chi connectivity index (χ3v) is 5.69. The van der Waals surface area contributed by atoms with Gasteiger partial charge in [0.15, 0.2) is 0 Å². The maximum absolute atomic E-state index is 14.6. The third-order valence-electron chi connectivity index (χ3n) is 5.69. The number of benzene rings is 2. The van der Waals surface area contributed by atoms with Crippen LogP contribution in [0.4, 0.5) is 8.78 Å². The average Bonchev–Trinajstić information content (AvgIpc) is 2.99. The summed E-state index contributed by atoms with van der Waals surface area (Å²) in [5, 5.41) is 3.56. The molecule has 2 bridgehead atoms. The van der Waals surface area contributed by atoms with Crippen LogP contribution in [-0.2, 0) is 0 Å². The third kappa shape index (κ3) is 3.23. The van der Waals surface area contributed by atoms with Gasteiger partial charge < -0.3 is 10.2 Å². The molecule has 0 radical (unpaired) electrons. The Morgan fingerprint density at radius 3 is 2.23 bits per heavy atom. The van der Waals surface area contributed by atoms with Gasteiger partial charge in [0.2, 0.25) is 0 Å². The van der Waals surface area contributed by atoms with Gasteiger partial charge in [-0.2, -0.15) is 0 Å². The lowest BCUT2D eigenvalue weighted by atomic mass is 9.97. The molecule has 2 aliphatic rings. The molecule has 2 unspecified atom stereocenters. The highest BCUT2D eigenvalue weighted by Crippen LogP contribution is 2.30. The number of nitrogens with zero attached hydrogens (tertiary/aromatic N) is 1. The zero-order valence-electron chi connectivity index (χ0n) is 14.7. The number of halogens is 2.